The summed E-state index contributed by atoms with van der Waals surface area (Å²) in [6.45, 7) is 4.98. The van der Waals surface area contributed by atoms with Crippen molar-refractivity contribution in [2.75, 3.05) is 45.2 Å². The lowest BCUT2D eigenvalue weighted by Gasteiger charge is -2.29. The summed E-state index contributed by atoms with van der Waals surface area (Å²) >= 11 is 0. The number of rotatable bonds is 7. The highest BCUT2D eigenvalue weighted by atomic mass is 19.4. The van der Waals surface area contributed by atoms with Gasteiger partial charge >= 0.3 is 6.36 Å². The normalized spacial score (nSPS) is 19.2. The van der Waals surface area contributed by atoms with Crippen LogP contribution in [0.25, 0.3) is 0 Å². The first kappa shape index (κ1) is 21.9. The van der Waals surface area contributed by atoms with Crippen molar-refractivity contribution >= 4 is 11.6 Å². The highest BCUT2D eigenvalue weighted by molar-refractivity contribution is 5.91. The number of hydrogen-bond acceptors (Lipinski definition) is 3. The summed E-state index contributed by atoms with van der Waals surface area (Å²) in [4.78, 5) is 14.9. The number of carbonyl (C=O) groups excluding carboxylic acids is 1. The van der Waals surface area contributed by atoms with E-state index in [0.717, 1.165) is 38.5 Å². The number of amides is 1. The second-order valence-electron chi connectivity index (χ2n) is 7.32. The third-order valence-corrected chi connectivity index (χ3v) is 5.06. The Kier molecular flexibility index (Phi) is 7.17. The van der Waals surface area contributed by atoms with Gasteiger partial charge in [0.05, 0.1) is 7.11 Å². The molecular weight excluding hydrogens is 399 g/mol. The van der Waals surface area contributed by atoms with E-state index in [4.69, 9.17) is 4.74 Å². The molecule has 1 amide bonds. The van der Waals surface area contributed by atoms with Gasteiger partial charge in [0, 0.05) is 11.3 Å². The summed E-state index contributed by atoms with van der Waals surface area (Å²) in [7, 11) is 1.65. The van der Waals surface area contributed by atoms with Crippen LogP contribution in [0.5, 0.6) is 11.5 Å². The highest BCUT2D eigenvalue weighted by Crippen LogP contribution is 2.23. The van der Waals surface area contributed by atoms with E-state index in [0.29, 0.717) is 12.2 Å². The van der Waals surface area contributed by atoms with Crippen LogP contribution in [0.2, 0.25) is 0 Å². The van der Waals surface area contributed by atoms with Crippen molar-refractivity contribution in [2.24, 2.45) is 0 Å². The summed E-state index contributed by atoms with van der Waals surface area (Å²) < 4.78 is 45.6. The number of anilines is 1. The zero-order chi connectivity index (χ0) is 21.6. The molecule has 1 fully saturated rings. The van der Waals surface area contributed by atoms with E-state index in [1.165, 1.54) is 39.6 Å². The standard InChI is InChI=1S/C21H24F3N3O3/c1-29-18-6-2-16(3-7-18)14-26-10-12-27(13-11-26)15-20(28)25-17-4-8-19(9-5-17)30-21(22,23)24/h2-9H,10-15H2,1H3,(H,25,28)/p+2. The van der Waals surface area contributed by atoms with E-state index in [2.05, 4.69) is 22.2 Å². The largest absolute Gasteiger partial charge is 0.573 e. The maximum absolute atomic E-state index is 12.3. The van der Waals surface area contributed by atoms with Crippen LogP contribution in [-0.4, -0.2) is 52.1 Å². The Morgan fingerprint density at radius 2 is 1.50 bits per heavy atom. The Morgan fingerprint density at radius 1 is 0.933 bits per heavy atom. The van der Waals surface area contributed by atoms with Crippen LogP contribution >= 0.6 is 0 Å². The second kappa shape index (κ2) is 9.82. The fourth-order valence-electron chi connectivity index (χ4n) is 3.51. The third kappa shape index (κ3) is 6.93. The number of benzene rings is 2. The quantitative estimate of drug-likeness (QED) is 0.606. The smallest absolute Gasteiger partial charge is 0.497 e. The maximum Gasteiger partial charge on any atom is 0.573 e. The molecule has 0 unspecified atom stereocenters. The third-order valence-electron chi connectivity index (χ3n) is 5.06. The van der Waals surface area contributed by atoms with Crippen molar-refractivity contribution in [2.45, 2.75) is 12.9 Å². The van der Waals surface area contributed by atoms with Crippen LogP contribution in [0.4, 0.5) is 18.9 Å². The molecule has 0 radical (unpaired) electrons. The molecule has 1 heterocycles. The molecule has 0 spiro atoms. The molecule has 0 aromatic heterocycles. The maximum atomic E-state index is 12.3. The molecule has 3 N–H and O–H groups in total. The van der Waals surface area contributed by atoms with Gasteiger partial charge in [-0.25, -0.2) is 0 Å². The lowest BCUT2D eigenvalue weighted by atomic mass is 10.2. The van der Waals surface area contributed by atoms with Crippen LogP contribution < -0.4 is 24.6 Å². The van der Waals surface area contributed by atoms with E-state index in [9.17, 15) is 18.0 Å². The van der Waals surface area contributed by atoms with Crippen LogP contribution in [0.1, 0.15) is 5.56 Å². The van der Waals surface area contributed by atoms with E-state index in [-0.39, 0.29) is 11.7 Å². The van der Waals surface area contributed by atoms with Gasteiger partial charge in [-0.05, 0) is 48.5 Å². The number of nitrogens with one attached hydrogen (secondary N) is 3. The van der Waals surface area contributed by atoms with Gasteiger partial charge in [0.15, 0.2) is 6.54 Å². The van der Waals surface area contributed by atoms with Crippen molar-refractivity contribution < 1.29 is 37.2 Å². The van der Waals surface area contributed by atoms with Crippen LogP contribution in [0.15, 0.2) is 48.5 Å². The van der Waals surface area contributed by atoms with Crippen molar-refractivity contribution in [3.8, 4) is 11.5 Å². The molecule has 2 aromatic carbocycles. The van der Waals surface area contributed by atoms with Crippen molar-refractivity contribution in [1.29, 1.82) is 0 Å². The first-order valence-electron chi connectivity index (χ1n) is 9.76. The van der Waals surface area contributed by atoms with Gasteiger partial charge in [-0.2, -0.15) is 0 Å². The lowest BCUT2D eigenvalue weighted by Crippen LogP contribution is -3.28. The van der Waals surface area contributed by atoms with Gasteiger partial charge in [-0.1, -0.05) is 0 Å². The van der Waals surface area contributed by atoms with Gasteiger partial charge < -0.3 is 24.6 Å². The van der Waals surface area contributed by atoms with E-state index < -0.39 is 6.36 Å². The molecule has 2 aromatic rings. The second-order valence-corrected chi connectivity index (χ2v) is 7.32. The lowest BCUT2D eigenvalue weighted by molar-refractivity contribution is -1.02. The number of ether oxygens (including phenoxy) is 2. The summed E-state index contributed by atoms with van der Waals surface area (Å²) in [5, 5.41) is 2.73. The molecule has 162 valence electrons. The number of halogens is 3. The molecule has 1 saturated heterocycles. The Bertz CT molecular complexity index is 818. The zero-order valence-electron chi connectivity index (χ0n) is 16.7. The van der Waals surface area contributed by atoms with Gasteiger partial charge in [0.2, 0.25) is 0 Å². The van der Waals surface area contributed by atoms with Crippen LogP contribution in [-0.2, 0) is 11.3 Å². The van der Waals surface area contributed by atoms with Crippen molar-refractivity contribution in [1.82, 2.24) is 0 Å². The molecule has 3 rings (SSSR count). The summed E-state index contributed by atoms with van der Waals surface area (Å²) in [6, 6.07) is 13.2. The predicted molar refractivity (Wildman–Crippen MR) is 105 cm³/mol. The minimum absolute atomic E-state index is 0.159. The summed E-state index contributed by atoms with van der Waals surface area (Å²) in [5.74, 6) is 0.367. The summed E-state index contributed by atoms with van der Waals surface area (Å²) in [5.41, 5.74) is 1.70. The van der Waals surface area contributed by atoms with E-state index in [1.54, 1.807) is 7.11 Å². The monoisotopic (exact) mass is 425 g/mol. The minimum atomic E-state index is -4.73. The van der Waals surface area contributed by atoms with Gasteiger partial charge in [0.1, 0.15) is 44.2 Å². The molecule has 0 aliphatic carbocycles. The molecule has 1 aliphatic rings. The van der Waals surface area contributed by atoms with Crippen molar-refractivity contribution in [3.05, 3.63) is 54.1 Å². The molecule has 0 atom stereocenters. The number of hydrogen-bond donors (Lipinski definition) is 3. The Hall–Kier alpha value is -2.78. The average Bonchev–Trinajstić information content (AvgIpc) is 2.70. The molecule has 0 bridgehead atoms. The van der Waals surface area contributed by atoms with E-state index in [1.807, 2.05) is 12.1 Å². The number of quaternary nitrogens is 2. The van der Waals surface area contributed by atoms with Gasteiger partial charge in [0.25, 0.3) is 5.91 Å². The number of alkyl halides is 3. The fourth-order valence-corrected chi connectivity index (χ4v) is 3.51. The predicted octanol–water partition coefficient (Wildman–Crippen LogP) is 0.516. The molecular formula is C21H26F3N3O3+2. The van der Waals surface area contributed by atoms with Crippen LogP contribution in [0, 0.1) is 0 Å². The zero-order valence-corrected chi connectivity index (χ0v) is 16.7. The first-order valence-corrected chi connectivity index (χ1v) is 9.76. The molecule has 1 aliphatic heterocycles. The Morgan fingerprint density at radius 3 is 2.07 bits per heavy atom. The average molecular weight is 425 g/mol. The Balaban J connectivity index is 1.40. The molecule has 0 saturated carbocycles. The molecule has 30 heavy (non-hydrogen) atoms. The molecule has 6 nitrogen and oxygen atoms in total. The van der Waals surface area contributed by atoms with Gasteiger partial charge in [-0.15, -0.1) is 13.2 Å². The SMILES string of the molecule is COc1ccc(C[NH+]2CC[NH+](CC(=O)Nc3ccc(OC(F)(F)F)cc3)CC2)cc1. The first-order chi connectivity index (χ1) is 14.3. The molecule has 9 heteroatoms. The summed E-state index contributed by atoms with van der Waals surface area (Å²) in [6.07, 6.45) is -4.73. The Labute approximate surface area is 173 Å². The number of piperazine rings is 1. The van der Waals surface area contributed by atoms with Crippen molar-refractivity contribution in [3.63, 3.8) is 0 Å². The van der Waals surface area contributed by atoms with E-state index >= 15 is 0 Å². The minimum Gasteiger partial charge on any atom is -0.497 e. The van der Waals surface area contributed by atoms with Crippen LogP contribution in [0.3, 0.4) is 0 Å². The fraction of sp³-hybridized carbons (Fsp3) is 0.381. The number of carbonyl (C=O) groups is 1. The van der Waals surface area contributed by atoms with Gasteiger partial charge in [-0.3, -0.25) is 4.79 Å². The highest BCUT2D eigenvalue weighted by Gasteiger charge is 2.31. The topological polar surface area (TPSA) is 56.4 Å². The number of methoxy groups -OCH3 is 1.